The van der Waals surface area contributed by atoms with E-state index in [1.165, 1.54) is 25.7 Å². The van der Waals surface area contributed by atoms with E-state index in [1.54, 1.807) is 0 Å². The van der Waals surface area contributed by atoms with Crippen LogP contribution in [-0.2, 0) is 10.3 Å². The van der Waals surface area contributed by atoms with Crippen molar-refractivity contribution in [3.63, 3.8) is 0 Å². The summed E-state index contributed by atoms with van der Waals surface area (Å²) in [5.41, 5.74) is 0. The molecule has 0 aromatic carbocycles. The highest BCUT2D eigenvalue weighted by atomic mass is 32.2. The lowest BCUT2D eigenvalue weighted by Crippen LogP contribution is -2.35. The van der Waals surface area contributed by atoms with Crippen LogP contribution in [0.25, 0.3) is 0 Å². The molecule has 1 aliphatic heterocycles. The van der Waals surface area contributed by atoms with Crippen molar-refractivity contribution in [2.24, 2.45) is 0 Å². The summed E-state index contributed by atoms with van der Waals surface area (Å²) >= 11 is 0. The van der Waals surface area contributed by atoms with Crippen LogP contribution in [0, 0.1) is 0 Å². The van der Waals surface area contributed by atoms with E-state index in [9.17, 15) is 8.42 Å². The van der Waals surface area contributed by atoms with E-state index < -0.39 is 10.3 Å². The molecule has 0 unspecified atom stereocenters. The molecule has 1 heterocycles. The average molecular weight is 380 g/mol. The maximum Gasteiger partial charge on any atom is 0.333 e. The van der Waals surface area contributed by atoms with Gasteiger partial charge in [-0.05, 0) is 58.3 Å². The summed E-state index contributed by atoms with van der Waals surface area (Å²) in [4.78, 5) is 0. The highest BCUT2D eigenvalue weighted by Gasteiger charge is 2.17. The first-order valence-electron chi connectivity index (χ1n) is 9.65. The highest BCUT2D eigenvalue weighted by Crippen LogP contribution is 2.17. The van der Waals surface area contributed by atoms with Crippen molar-refractivity contribution in [3.8, 4) is 0 Å². The minimum Gasteiger partial charge on any atom is -0.315 e. The Morgan fingerprint density at radius 2 is 1.20 bits per heavy atom. The molecule has 1 saturated carbocycles. The van der Waals surface area contributed by atoms with Crippen molar-refractivity contribution < 1.29 is 13.0 Å². The fraction of sp³-hybridized carbons (Fsp3) is 1.00. The van der Waals surface area contributed by atoms with Crippen molar-refractivity contribution in [3.05, 3.63) is 0 Å². The first-order chi connectivity index (χ1) is 12.1. The van der Waals surface area contributed by atoms with Crippen LogP contribution in [0.5, 0.6) is 0 Å². The predicted molar refractivity (Wildman–Crippen MR) is 102 cm³/mol. The van der Waals surface area contributed by atoms with Gasteiger partial charge in [0.15, 0.2) is 0 Å². The maximum atomic E-state index is 10.3. The van der Waals surface area contributed by atoms with E-state index in [4.69, 9.17) is 4.55 Å². The van der Waals surface area contributed by atoms with Crippen LogP contribution in [0.2, 0.25) is 0 Å². The largest absolute Gasteiger partial charge is 0.333 e. The van der Waals surface area contributed by atoms with E-state index in [-0.39, 0.29) is 6.04 Å². The van der Waals surface area contributed by atoms with E-state index in [2.05, 4.69) is 26.0 Å². The van der Waals surface area contributed by atoms with Gasteiger partial charge in [0, 0.05) is 25.8 Å². The molecular weight excluding hydrogens is 342 g/mol. The zero-order valence-corrected chi connectivity index (χ0v) is 16.2. The standard InChI is InChI=1S/C10H24N4.C6H13NO3S/c1-2-5-13-10-14-7-3-6-12-9-8-11-4-1;8-11(9,10)7-6-4-2-1-3-5-6/h11-14H,1-10H2;6-7H,1-5H2,(H,8,9,10). The van der Waals surface area contributed by atoms with Gasteiger partial charge in [-0.25, -0.2) is 0 Å². The summed E-state index contributed by atoms with van der Waals surface area (Å²) < 4.78 is 31.3. The van der Waals surface area contributed by atoms with Gasteiger partial charge in [0.05, 0.1) is 0 Å². The Morgan fingerprint density at radius 3 is 1.80 bits per heavy atom. The second kappa shape index (κ2) is 14.8. The summed E-state index contributed by atoms with van der Waals surface area (Å²) in [6, 6.07) is -0.0428. The third kappa shape index (κ3) is 15.7. The summed E-state index contributed by atoms with van der Waals surface area (Å²) in [6.07, 6.45) is 8.71. The summed E-state index contributed by atoms with van der Waals surface area (Å²) in [5, 5.41) is 13.6. The molecule has 25 heavy (non-hydrogen) atoms. The highest BCUT2D eigenvalue weighted by molar-refractivity contribution is 7.83. The molecule has 2 fully saturated rings. The molecule has 0 aromatic heterocycles. The lowest BCUT2D eigenvalue weighted by molar-refractivity contribution is 0.389. The van der Waals surface area contributed by atoms with Crippen LogP contribution in [0.1, 0.15) is 51.4 Å². The lowest BCUT2D eigenvalue weighted by Gasteiger charge is -2.20. The zero-order chi connectivity index (χ0) is 18.2. The number of hydrogen-bond acceptors (Lipinski definition) is 6. The van der Waals surface area contributed by atoms with Crippen LogP contribution in [0.3, 0.4) is 0 Å². The topological polar surface area (TPSA) is 115 Å². The predicted octanol–water partition coefficient (Wildman–Crippen LogP) is 0.198. The van der Waals surface area contributed by atoms with Crippen molar-refractivity contribution in [2.75, 3.05) is 45.9 Å². The molecule has 1 saturated heterocycles. The Morgan fingerprint density at radius 1 is 0.680 bits per heavy atom. The van der Waals surface area contributed by atoms with Gasteiger partial charge < -0.3 is 21.3 Å². The van der Waals surface area contributed by atoms with Crippen molar-refractivity contribution in [1.82, 2.24) is 26.0 Å². The van der Waals surface area contributed by atoms with Crippen LogP contribution in [0.15, 0.2) is 0 Å². The van der Waals surface area contributed by atoms with Gasteiger partial charge in [-0.2, -0.15) is 13.1 Å². The molecule has 2 aliphatic rings. The number of nitrogens with one attached hydrogen (secondary N) is 5. The first kappa shape index (κ1) is 22.8. The Kier molecular flexibility index (Phi) is 13.5. The van der Waals surface area contributed by atoms with Gasteiger partial charge >= 0.3 is 10.3 Å². The van der Waals surface area contributed by atoms with Gasteiger partial charge in [0.1, 0.15) is 0 Å². The summed E-state index contributed by atoms with van der Waals surface area (Å²) in [7, 11) is -3.97. The van der Waals surface area contributed by atoms with Crippen LogP contribution in [0.4, 0.5) is 0 Å². The van der Waals surface area contributed by atoms with Crippen LogP contribution < -0.4 is 26.0 Å². The molecule has 0 amide bonds. The van der Waals surface area contributed by atoms with Crippen molar-refractivity contribution in [2.45, 2.75) is 57.4 Å². The average Bonchev–Trinajstić information content (AvgIpc) is 2.57. The molecular formula is C16H37N5O3S. The minimum absolute atomic E-state index is 0.0428. The van der Waals surface area contributed by atoms with E-state index in [0.29, 0.717) is 0 Å². The van der Waals surface area contributed by atoms with E-state index >= 15 is 0 Å². The molecule has 0 spiro atoms. The quantitative estimate of drug-likeness (QED) is 0.380. The smallest absolute Gasteiger partial charge is 0.315 e. The first-order valence-corrected chi connectivity index (χ1v) is 11.1. The lowest BCUT2D eigenvalue weighted by atomic mass is 9.96. The van der Waals surface area contributed by atoms with E-state index in [0.717, 1.165) is 71.6 Å². The van der Waals surface area contributed by atoms with Gasteiger partial charge in [-0.3, -0.25) is 4.55 Å². The molecule has 0 radical (unpaired) electrons. The second-order valence-corrected chi connectivity index (χ2v) is 7.85. The third-order valence-electron chi connectivity index (χ3n) is 4.31. The molecule has 150 valence electrons. The Hall–Kier alpha value is -0.290. The van der Waals surface area contributed by atoms with Crippen LogP contribution in [-0.4, -0.2) is 64.9 Å². The molecule has 9 heteroatoms. The zero-order valence-electron chi connectivity index (χ0n) is 15.4. The molecule has 6 N–H and O–H groups in total. The van der Waals surface area contributed by atoms with Gasteiger partial charge in [-0.1, -0.05) is 19.3 Å². The Labute approximate surface area is 153 Å². The monoisotopic (exact) mass is 379 g/mol. The fourth-order valence-electron chi connectivity index (χ4n) is 2.96. The van der Waals surface area contributed by atoms with Gasteiger partial charge in [-0.15, -0.1) is 0 Å². The maximum absolute atomic E-state index is 10.3. The normalized spacial score (nSPS) is 23.1. The fourth-order valence-corrected chi connectivity index (χ4v) is 3.62. The van der Waals surface area contributed by atoms with E-state index in [1.807, 2.05) is 0 Å². The van der Waals surface area contributed by atoms with Crippen molar-refractivity contribution >= 4 is 10.3 Å². The SMILES string of the molecule is C1CCNCNCCCNCCNC1.O=S(=O)(O)NC1CCCCC1. The number of hydrogen-bond donors (Lipinski definition) is 6. The molecule has 0 aromatic rings. The van der Waals surface area contributed by atoms with Gasteiger partial charge in [0.25, 0.3) is 0 Å². The summed E-state index contributed by atoms with van der Waals surface area (Å²) in [5.74, 6) is 0. The Balaban J connectivity index is 0.000000257. The van der Waals surface area contributed by atoms with Gasteiger partial charge in [0.2, 0.25) is 0 Å². The van der Waals surface area contributed by atoms with Crippen molar-refractivity contribution in [1.29, 1.82) is 0 Å². The number of rotatable bonds is 2. The molecule has 8 nitrogen and oxygen atoms in total. The molecule has 0 bridgehead atoms. The second-order valence-electron chi connectivity index (χ2n) is 6.67. The molecule has 0 atom stereocenters. The minimum atomic E-state index is -3.97. The molecule has 2 rings (SSSR count). The molecule has 1 aliphatic carbocycles. The Bertz CT molecular complexity index is 349. The third-order valence-corrected chi connectivity index (χ3v) is 4.94. The van der Waals surface area contributed by atoms with Crippen LogP contribution >= 0.6 is 0 Å². The summed E-state index contributed by atoms with van der Waals surface area (Å²) in [6.45, 7) is 7.65.